The van der Waals surface area contributed by atoms with Crippen molar-refractivity contribution < 1.29 is 9.21 Å². The highest BCUT2D eigenvalue weighted by atomic mass is 16.3. The third kappa shape index (κ3) is 2.64. The van der Waals surface area contributed by atoms with E-state index in [1.165, 1.54) is 0 Å². The quantitative estimate of drug-likeness (QED) is 0.884. The Kier molecular flexibility index (Phi) is 3.13. The first kappa shape index (κ1) is 11.6. The Bertz CT molecular complexity index is 543. The van der Waals surface area contributed by atoms with Gasteiger partial charge in [-0.3, -0.25) is 4.79 Å². The Morgan fingerprint density at radius 1 is 1.47 bits per heavy atom. The van der Waals surface area contributed by atoms with Gasteiger partial charge in [-0.25, -0.2) is 4.98 Å². The number of nitrogens with one attached hydrogen (secondary N) is 1. The van der Waals surface area contributed by atoms with Gasteiger partial charge in [-0.05, 0) is 17.7 Å². The van der Waals surface area contributed by atoms with E-state index in [2.05, 4.69) is 10.3 Å². The molecule has 0 unspecified atom stereocenters. The van der Waals surface area contributed by atoms with Crippen LogP contribution in [0.4, 0.5) is 0 Å². The fourth-order valence-electron chi connectivity index (χ4n) is 1.59. The zero-order valence-corrected chi connectivity index (χ0v) is 10.3. The second-order valence-electron chi connectivity index (χ2n) is 4.41. The van der Waals surface area contributed by atoms with E-state index in [1.54, 1.807) is 0 Å². The maximum atomic E-state index is 11.4. The van der Waals surface area contributed by atoms with Gasteiger partial charge < -0.3 is 9.73 Å². The van der Waals surface area contributed by atoms with Crippen molar-refractivity contribution >= 4 is 17.0 Å². The number of fused-ring (bicyclic) bond motifs is 1. The molecule has 0 aliphatic heterocycles. The van der Waals surface area contributed by atoms with Gasteiger partial charge in [-0.15, -0.1) is 0 Å². The number of carbonyl (C=O) groups is 1. The average molecular weight is 232 g/mol. The van der Waals surface area contributed by atoms with Crippen LogP contribution in [-0.2, 0) is 11.3 Å². The zero-order valence-electron chi connectivity index (χ0n) is 10.3. The van der Waals surface area contributed by atoms with Crippen LogP contribution in [0.25, 0.3) is 11.1 Å². The van der Waals surface area contributed by atoms with Gasteiger partial charge in [-0.1, -0.05) is 19.9 Å². The molecule has 2 rings (SSSR count). The standard InChI is InChI=1S/C13H16N2O2/c1-8(2)13(16)14-7-10-4-5-11-12(6-10)17-9(3)15-11/h4-6,8H,7H2,1-3H3,(H,14,16). The number of oxazole rings is 1. The van der Waals surface area contributed by atoms with E-state index in [0.717, 1.165) is 16.7 Å². The molecule has 1 aromatic heterocycles. The molecule has 0 aliphatic rings. The molecule has 0 saturated heterocycles. The third-order valence-corrected chi connectivity index (χ3v) is 2.55. The Morgan fingerprint density at radius 2 is 2.24 bits per heavy atom. The molecule has 90 valence electrons. The summed E-state index contributed by atoms with van der Waals surface area (Å²) in [5.74, 6) is 0.716. The summed E-state index contributed by atoms with van der Waals surface area (Å²) in [6.45, 7) is 6.09. The number of aryl methyl sites for hydroxylation is 1. The summed E-state index contributed by atoms with van der Waals surface area (Å²) in [5, 5.41) is 2.87. The smallest absolute Gasteiger partial charge is 0.222 e. The number of nitrogens with zero attached hydrogens (tertiary/aromatic N) is 1. The Balaban J connectivity index is 2.11. The van der Waals surface area contributed by atoms with Crippen LogP contribution in [0.15, 0.2) is 22.6 Å². The molecule has 0 radical (unpaired) electrons. The summed E-state index contributed by atoms with van der Waals surface area (Å²) < 4.78 is 5.44. The molecule has 2 aromatic rings. The van der Waals surface area contributed by atoms with Crippen LogP contribution in [0, 0.1) is 12.8 Å². The van der Waals surface area contributed by atoms with Crippen molar-refractivity contribution in [1.82, 2.24) is 10.3 Å². The van der Waals surface area contributed by atoms with Crippen molar-refractivity contribution in [2.45, 2.75) is 27.3 Å². The lowest BCUT2D eigenvalue weighted by Crippen LogP contribution is -2.27. The monoisotopic (exact) mass is 232 g/mol. The predicted molar refractivity (Wildman–Crippen MR) is 65.4 cm³/mol. The molecule has 4 nitrogen and oxygen atoms in total. The van der Waals surface area contributed by atoms with Crippen molar-refractivity contribution in [3.63, 3.8) is 0 Å². The van der Waals surface area contributed by atoms with Crippen LogP contribution >= 0.6 is 0 Å². The Hall–Kier alpha value is -1.84. The molecule has 0 spiro atoms. The molecule has 0 bridgehead atoms. The van der Waals surface area contributed by atoms with Crippen LogP contribution in [0.2, 0.25) is 0 Å². The molecule has 1 heterocycles. The van der Waals surface area contributed by atoms with Gasteiger partial charge in [0.15, 0.2) is 11.5 Å². The van der Waals surface area contributed by atoms with Crippen molar-refractivity contribution in [2.75, 3.05) is 0 Å². The maximum Gasteiger partial charge on any atom is 0.222 e. The van der Waals surface area contributed by atoms with Gasteiger partial charge in [0.05, 0.1) is 0 Å². The van der Waals surface area contributed by atoms with Crippen LogP contribution in [0.1, 0.15) is 25.3 Å². The summed E-state index contributed by atoms with van der Waals surface area (Å²) in [5.41, 5.74) is 2.63. The largest absolute Gasteiger partial charge is 0.441 e. The SMILES string of the molecule is Cc1nc2ccc(CNC(=O)C(C)C)cc2o1. The summed E-state index contributed by atoms with van der Waals surface area (Å²) in [7, 11) is 0. The number of benzene rings is 1. The second kappa shape index (κ2) is 4.57. The summed E-state index contributed by atoms with van der Waals surface area (Å²) in [4.78, 5) is 15.7. The van der Waals surface area contributed by atoms with Gasteiger partial charge in [0.2, 0.25) is 5.91 Å². The molecule has 1 amide bonds. The first-order chi connectivity index (χ1) is 8.06. The van der Waals surface area contributed by atoms with E-state index in [9.17, 15) is 4.79 Å². The average Bonchev–Trinajstić information content (AvgIpc) is 2.64. The first-order valence-corrected chi connectivity index (χ1v) is 5.70. The van der Waals surface area contributed by atoms with Crippen molar-refractivity contribution in [3.05, 3.63) is 29.7 Å². The second-order valence-corrected chi connectivity index (χ2v) is 4.41. The number of hydrogen-bond donors (Lipinski definition) is 1. The molecule has 1 aromatic carbocycles. The fourth-order valence-corrected chi connectivity index (χ4v) is 1.59. The van der Waals surface area contributed by atoms with E-state index in [1.807, 2.05) is 39.0 Å². The summed E-state index contributed by atoms with van der Waals surface area (Å²) >= 11 is 0. The van der Waals surface area contributed by atoms with Gasteiger partial charge in [0, 0.05) is 19.4 Å². The van der Waals surface area contributed by atoms with Gasteiger partial charge in [-0.2, -0.15) is 0 Å². The normalized spacial score (nSPS) is 11.1. The number of rotatable bonds is 3. The Morgan fingerprint density at radius 3 is 2.94 bits per heavy atom. The fraction of sp³-hybridized carbons (Fsp3) is 0.385. The van der Waals surface area contributed by atoms with E-state index in [0.29, 0.717) is 12.4 Å². The lowest BCUT2D eigenvalue weighted by Gasteiger charge is -2.07. The minimum atomic E-state index is 0.00579. The summed E-state index contributed by atoms with van der Waals surface area (Å²) in [6, 6.07) is 5.77. The maximum absolute atomic E-state index is 11.4. The highest BCUT2D eigenvalue weighted by molar-refractivity contribution is 5.78. The van der Waals surface area contributed by atoms with E-state index in [-0.39, 0.29) is 11.8 Å². The third-order valence-electron chi connectivity index (χ3n) is 2.55. The molecular formula is C13H16N2O2. The highest BCUT2D eigenvalue weighted by Gasteiger charge is 2.07. The van der Waals surface area contributed by atoms with Crippen molar-refractivity contribution in [1.29, 1.82) is 0 Å². The minimum absolute atomic E-state index is 0.00579. The number of aromatic nitrogens is 1. The molecule has 4 heteroatoms. The molecule has 0 aliphatic carbocycles. The zero-order chi connectivity index (χ0) is 12.4. The topological polar surface area (TPSA) is 55.1 Å². The van der Waals surface area contributed by atoms with Gasteiger partial charge in [0.1, 0.15) is 5.52 Å². The van der Waals surface area contributed by atoms with Gasteiger partial charge >= 0.3 is 0 Å². The van der Waals surface area contributed by atoms with E-state index in [4.69, 9.17) is 4.42 Å². The van der Waals surface area contributed by atoms with Crippen LogP contribution < -0.4 is 5.32 Å². The Labute approximate surface area is 100 Å². The van der Waals surface area contributed by atoms with Crippen LogP contribution in [0.5, 0.6) is 0 Å². The van der Waals surface area contributed by atoms with Gasteiger partial charge in [0.25, 0.3) is 0 Å². The lowest BCUT2D eigenvalue weighted by atomic mass is 10.2. The molecule has 17 heavy (non-hydrogen) atoms. The number of amides is 1. The number of hydrogen-bond acceptors (Lipinski definition) is 3. The predicted octanol–water partition coefficient (Wildman–Crippen LogP) is 2.41. The summed E-state index contributed by atoms with van der Waals surface area (Å²) in [6.07, 6.45) is 0. The number of carbonyl (C=O) groups excluding carboxylic acids is 1. The van der Waals surface area contributed by atoms with Crippen LogP contribution in [-0.4, -0.2) is 10.9 Å². The minimum Gasteiger partial charge on any atom is -0.441 e. The van der Waals surface area contributed by atoms with Crippen molar-refractivity contribution in [3.8, 4) is 0 Å². The highest BCUT2D eigenvalue weighted by Crippen LogP contribution is 2.16. The lowest BCUT2D eigenvalue weighted by molar-refractivity contribution is -0.124. The molecule has 0 atom stereocenters. The molecular weight excluding hydrogens is 216 g/mol. The van der Waals surface area contributed by atoms with E-state index < -0.39 is 0 Å². The molecule has 1 N–H and O–H groups in total. The van der Waals surface area contributed by atoms with Crippen molar-refractivity contribution in [2.24, 2.45) is 5.92 Å². The van der Waals surface area contributed by atoms with E-state index >= 15 is 0 Å². The molecule has 0 fully saturated rings. The first-order valence-electron chi connectivity index (χ1n) is 5.70. The van der Waals surface area contributed by atoms with Crippen LogP contribution in [0.3, 0.4) is 0 Å². The molecule has 0 saturated carbocycles.